The van der Waals surface area contributed by atoms with Crippen LogP contribution in [0.3, 0.4) is 0 Å². The van der Waals surface area contributed by atoms with E-state index in [0.717, 1.165) is 43.4 Å². The molecule has 0 spiro atoms. The van der Waals surface area contributed by atoms with Gasteiger partial charge in [0.15, 0.2) is 5.78 Å². The van der Waals surface area contributed by atoms with Crippen LogP contribution in [0.25, 0.3) is 11.1 Å². The highest BCUT2D eigenvalue weighted by atomic mass is 32.2. The smallest absolute Gasteiger partial charge is 0.163 e. The summed E-state index contributed by atoms with van der Waals surface area (Å²) >= 11 is 1.91. The van der Waals surface area contributed by atoms with Gasteiger partial charge < -0.3 is 5.73 Å². The molecule has 42 heavy (non-hydrogen) atoms. The monoisotopic (exact) mass is 583 g/mol. The minimum atomic E-state index is 0.353. The summed E-state index contributed by atoms with van der Waals surface area (Å²) in [5, 5.41) is 0. The van der Waals surface area contributed by atoms with E-state index in [1.807, 2.05) is 31.7 Å². The first-order valence-corrected chi connectivity index (χ1v) is 16.2. The van der Waals surface area contributed by atoms with E-state index in [2.05, 4.69) is 108 Å². The second-order valence-electron chi connectivity index (χ2n) is 10.3. The minimum Gasteiger partial charge on any atom is -0.405 e. The molecule has 2 aromatic carbocycles. The van der Waals surface area contributed by atoms with Gasteiger partial charge in [-0.15, -0.1) is 18.3 Å². The van der Waals surface area contributed by atoms with Crippen LogP contribution >= 0.6 is 11.8 Å². The Bertz CT molecular complexity index is 1250. The van der Waals surface area contributed by atoms with Crippen LogP contribution in [0.1, 0.15) is 88.1 Å². The highest BCUT2D eigenvalue weighted by Gasteiger charge is 2.29. The van der Waals surface area contributed by atoms with Crippen LogP contribution in [-0.2, 0) is 17.6 Å². The maximum Gasteiger partial charge on any atom is 0.163 e. The van der Waals surface area contributed by atoms with Gasteiger partial charge >= 0.3 is 0 Å². The normalized spacial score (nSPS) is 15.0. The fourth-order valence-corrected chi connectivity index (χ4v) is 6.64. The number of allylic oxidation sites excluding steroid dienone is 8. The molecule has 0 saturated carbocycles. The van der Waals surface area contributed by atoms with Gasteiger partial charge in [0.2, 0.25) is 0 Å². The molecule has 3 rings (SSSR count). The molecule has 226 valence electrons. The van der Waals surface area contributed by atoms with Crippen molar-refractivity contribution >= 4 is 28.7 Å². The van der Waals surface area contributed by atoms with Gasteiger partial charge in [0, 0.05) is 16.9 Å². The van der Waals surface area contributed by atoms with Crippen LogP contribution in [0, 0.1) is 12.8 Å². The van der Waals surface area contributed by atoms with Crippen molar-refractivity contribution in [3.8, 4) is 0 Å². The lowest BCUT2D eigenvalue weighted by Gasteiger charge is -2.28. The molecule has 1 aliphatic rings. The van der Waals surface area contributed by atoms with E-state index >= 15 is 0 Å². The van der Waals surface area contributed by atoms with Crippen molar-refractivity contribution in [2.75, 3.05) is 5.75 Å². The van der Waals surface area contributed by atoms with Gasteiger partial charge in [-0.05, 0) is 105 Å². The summed E-state index contributed by atoms with van der Waals surface area (Å²) < 4.78 is 0. The number of rotatable bonds is 11. The molecule has 0 aromatic heterocycles. The van der Waals surface area contributed by atoms with E-state index in [4.69, 9.17) is 0 Å². The average Bonchev–Trinajstić information content (AvgIpc) is 2.97. The van der Waals surface area contributed by atoms with Gasteiger partial charge in [-0.25, -0.2) is 0 Å². The highest BCUT2D eigenvalue weighted by molar-refractivity contribution is 7.99. The van der Waals surface area contributed by atoms with Crippen molar-refractivity contribution in [3.63, 3.8) is 0 Å². The molecule has 2 aromatic rings. The Balaban J connectivity index is 0.00000135. The first-order chi connectivity index (χ1) is 20.3. The minimum absolute atomic E-state index is 0.353. The number of ketones is 1. The predicted molar refractivity (Wildman–Crippen MR) is 190 cm³/mol. The van der Waals surface area contributed by atoms with Gasteiger partial charge in [-0.2, -0.15) is 0 Å². The topological polar surface area (TPSA) is 43.1 Å². The number of carbonyl (C=O) groups is 1. The molecule has 1 atom stereocenters. The van der Waals surface area contributed by atoms with E-state index in [-0.39, 0.29) is 0 Å². The van der Waals surface area contributed by atoms with Gasteiger partial charge in [-0.1, -0.05) is 106 Å². The molecule has 0 aliphatic heterocycles. The molecule has 1 unspecified atom stereocenters. The summed E-state index contributed by atoms with van der Waals surface area (Å²) in [7, 11) is 0. The molecule has 2 N–H and O–H groups in total. The maximum atomic E-state index is 13.6. The number of nitrogens with two attached hydrogens (primary N) is 1. The van der Waals surface area contributed by atoms with Gasteiger partial charge in [0.1, 0.15) is 0 Å². The Kier molecular flexibility index (Phi) is 18.0. The molecule has 0 heterocycles. The van der Waals surface area contributed by atoms with E-state index in [1.165, 1.54) is 50.1 Å². The first-order valence-electron chi connectivity index (χ1n) is 15.2. The van der Waals surface area contributed by atoms with Crippen molar-refractivity contribution in [2.24, 2.45) is 11.7 Å². The number of aryl methyl sites for hydroxylation is 3. The van der Waals surface area contributed by atoms with Crippen LogP contribution in [0.4, 0.5) is 0 Å². The number of thioether (sulfide) groups is 1. The van der Waals surface area contributed by atoms with Crippen LogP contribution < -0.4 is 5.73 Å². The van der Waals surface area contributed by atoms with Crippen molar-refractivity contribution in [1.82, 2.24) is 0 Å². The molecule has 0 fully saturated rings. The molecule has 2 nitrogen and oxygen atoms in total. The SMILES string of the molecule is C=C/C=C(\C=C/C)c1ccccc1SCCC1CC(=O)C(c2c(CC)cc(C)cc2CC)=C(CC)C1.C=CC.C=CN. The fraction of sp³-hybridized carbons (Fsp3) is 0.359. The van der Waals surface area contributed by atoms with E-state index in [1.54, 1.807) is 6.08 Å². The molecule has 0 radical (unpaired) electrons. The Hall–Kier alpha value is -3.30. The third kappa shape index (κ3) is 10.8. The van der Waals surface area contributed by atoms with E-state index < -0.39 is 0 Å². The Morgan fingerprint density at radius 3 is 2.12 bits per heavy atom. The van der Waals surface area contributed by atoms with Gasteiger partial charge in [0.05, 0.1) is 0 Å². The molecule has 0 amide bonds. The Labute approximate surface area is 261 Å². The van der Waals surface area contributed by atoms with Gasteiger partial charge in [-0.3, -0.25) is 4.79 Å². The van der Waals surface area contributed by atoms with E-state index in [9.17, 15) is 4.79 Å². The Morgan fingerprint density at radius 1 is 1.00 bits per heavy atom. The molecular weight excluding hydrogens is 531 g/mol. The van der Waals surface area contributed by atoms with Crippen molar-refractivity contribution in [3.05, 3.63) is 126 Å². The lowest BCUT2D eigenvalue weighted by Crippen LogP contribution is -2.21. The zero-order valence-corrected chi connectivity index (χ0v) is 27.8. The summed E-state index contributed by atoms with van der Waals surface area (Å²) in [5.74, 6) is 1.80. The van der Waals surface area contributed by atoms with E-state index in [0.29, 0.717) is 18.1 Å². The quantitative estimate of drug-likeness (QED) is 0.162. The lowest BCUT2D eigenvalue weighted by atomic mass is 9.75. The van der Waals surface area contributed by atoms with Crippen LogP contribution in [0.5, 0.6) is 0 Å². The third-order valence-corrected chi connectivity index (χ3v) is 8.26. The summed E-state index contributed by atoms with van der Waals surface area (Å²) in [6, 6.07) is 13.2. The summed E-state index contributed by atoms with van der Waals surface area (Å²) in [4.78, 5) is 14.9. The van der Waals surface area contributed by atoms with Gasteiger partial charge in [0.25, 0.3) is 0 Å². The summed E-state index contributed by atoms with van der Waals surface area (Å²) in [6.45, 7) is 23.1. The molecular formula is C39H53NOS. The molecule has 0 bridgehead atoms. The lowest BCUT2D eigenvalue weighted by molar-refractivity contribution is -0.115. The van der Waals surface area contributed by atoms with Crippen molar-refractivity contribution in [2.45, 2.75) is 85.0 Å². The van der Waals surface area contributed by atoms with Crippen LogP contribution in [-0.4, -0.2) is 11.5 Å². The van der Waals surface area contributed by atoms with Crippen molar-refractivity contribution < 1.29 is 4.79 Å². The first kappa shape index (κ1) is 36.7. The third-order valence-electron chi connectivity index (χ3n) is 7.15. The number of hydrogen-bond acceptors (Lipinski definition) is 3. The molecule has 3 heteroatoms. The largest absolute Gasteiger partial charge is 0.405 e. The van der Waals surface area contributed by atoms with Crippen molar-refractivity contribution in [1.29, 1.82) is 0 Å². The summed E-state index contributed by atoms with van der Waals surface area (Å²) in [6.07, 6.45) is 16.8. The predicted octanol–water partition coefficient (Wildman–Crippen LogP) is 10.9. The summed E-state index contributed by atoms with van der Waals surface area (Å²) in [5.41, 5.74) is 14.7. The standard InChI is InChI=1S/C34H42OS.C3H6.C2H5N/c1-7-14-29(15-8-2)30-16-12-13-17-32(30)36-19-18-25-22-28(11-5)34(31(35)23-25)33-26(9-3)20-24(6)21-27(33)10-4;1-3-2;1-2-3/h7-8,12-17,20-21,25H,1,9-11,18-19,22-23H2,2-6H3;3H,1H2,2H3;2H,1,3H2/b15-8-,29-14+;;. The highest BCUT2D eigenvalue weighted by Crippen LogP contribution is 2.40. The molecule has 1 aliphatic carbocycles. The second kappa shape index (κ2) is 20.6. The number of hydrogen-bond donors (Lipinski definition) is 1. The zero-order chi connectivity index (χ0) is 31.5. The zero-order valence-electron chi connectivity index (χ0n) is 27.0. The van der Waals surface area contributed by atoms with Crippen LogP contribution in [0.15, 0.2) is 103 Å². The maximum absolute atomic E-state index is 13.6. The van der Waals surface area contributed by atoms with Crippen LogP contribution in [0.2, 0.25) is 0 Å². The molecule has 0 saturated heterocycles. The second-order valence-corrected chi connectivity index (χ2v) is 11.5. The Morgan fingerprint density at radius 2 is 1.60 bits per heavy atom. The number of carbonyl (C=O) groups excluding carboxylic acids is 1. The number of benzene rings is 2. The number of Topliss-reactive ketones (excluding diaryl/α,β-unsaturated/α-hetero) is 1. The fourth-order valence-electron chi connectivity index (χ4n) is 5.45. The average molecular weight is 584 g/mol.